The summed E-state index contributed by atoms with van der Waals surface area (Å²) < 4.78 is 0. The molecule has 112 valence electrons. The van der Waals surface area contributed by atoms with Crippen molar-refractivity contribution in [1.29, 1.82) is 0 Å². The third kappa shape index (κ3) is 11.8. The first-order valence-corrected chi connectivity index (χ1v) is 7.81. The Hall–Kier alpha value is -1.04. The largest absolute Gasteiger partial charge is 0.0985 e. The van der Waals surface area contributed by atoms with Crippen LogP contribution in [0.5, 0.6) is 0 Å². The standard InChI is InChI=1S/C13H18.3C2H6/c1-5-12-9-11(4)6-7-13(12)8-10(2)3;3*1-2/h5,8-9H,1,6-7H2,2-4H3;3*1-2H3. The Bertz CT molecular complexity index is 294. The van der Waals surface area contributed by atoms with Crippen molar-refractivity contribution in [3.05, 3.63) is 47.1 Å². The zero-order chi connectivity index (χ0) is 15.8. The van der Waals surface area contributed by atoms with Gasteiger partial charge in [-0.1, -0.05) is 77.5 Å². The van der Waals surface area contributed by atoms with Gasteiger partial charge in [-0.05, 0) is 44.8 Å². The Morgan fingerprint density at radius 2 is 1.47 bits per heavy atom. The Morgan fingerprint density at radius 1 is 1.00 bits per heavy atom. The minimum absolute atomic E-state index is 1.16. The Morgan fingerprint density at radius 3 is 1.84 bits per heavy atom. The fourth-order valence-corrected chi connectivity index (χ4v) is 1.60. The van der Waals surface area contributed by atoms with Gasteiger partial charge in [0.2, 0.25) is 0 Å². The minimum atomic E-state index is 1.16. The Balaban J connectivity index is -0.000000375. The maximum atomic E-state index is 3.84. The maximum absolute atomic E-state index is 3.84. The van der Waals surface area contributed by atoms with Crippen LogP contribution < -0.4 is 0 Å². The smallest absolute Gasteiger partial charge is 0.0231 e. The van der Waals surface area contributed by atoms with E-state index in [0.29, 0.717) is 0 Å². The van der Waals surface area contributed by atoms with Gasteiger partial charge in [0.1, 0.15) is 0 Å². The molecule has 0 aromatic carbocycles. The van der Waals surface area contributed by atoms with E-state index in [4.69, 9.17) is 0 Å². The molecule has 0 unspecified atom stereocenters. The van der Waals surface area contributed by atoms with Gasteiger partial charge in [0.05, 0.1) is 0 Å². The van der Waals surface area contributed by atoms with Gasteiger partial charge in [-0.15, -0.1) is 0 Å². The number of hydrogen-bond acceptors (Lipinski definition) is 0. The topological polar surface area (TPSA) is 0 Å². The van der Waals surface area contributed by atoms with Crippen molar-refractivity contribution in [2.75, 3.05) is 0 Å². The molecule has 0 saturated heterocycles. The molecule has 0 aromatic heterocycles. The summed E-state index contributed by atoms with van der Waals surface area (Å²) in [7, 11) is 0. The lowest BCUT2D eigenvalue weighted by molar-refractivity contribution is 0.914. The highest BCUT2D eigenvalue weighted by Crippen LogP contribution is 2.25. The van der Waals surface area contributed by atoms with Crippen LogP contribution in [-0.4, -0.2) is 0 Å². The van der Waals surface area contributed by atoms with Crippen LogP contribution in [0.3, 0.4) is 0 Å². The molecular formula is C19H36. The molecule has 0 nitrogen and oxygen atoms in total. The minimum Gasteiger partial charge on any atom is -0.0985 e. The zero-order valence-corrected chi connectivity index (χ0v) is 14.9. The third-order valence-corrected chi connectivity index (χ3v) is 2.24. The van der Waals surface area contributed by atoms with Gasteiger partial charge in [0.25, 0.3) is 0 Å². The normalized spacial score (nSPS) is 12.4. The summed E-state index contributed by atoms with van der Waals surface area (Å²) in [5.74, 6) is 0. The van der Waals surface area contributed by atoms with Gasteiger partial charge in [-0.3, -0.25) is 0 Å². The highest BCUT2D eigenvalue weighted by molar-refractivity contribution is 5.45. The molecule has 0 saturated carbocycles. The molecule has 1 aliphatic rings. The van der Waals surface area contributed by atoms with E-state index < -0.39 is 0 Å². The van der Waals surface area contributed by atoms with Crippen LogP contribution in [0, 0.1) is 0 Å². The SMILES string of the molecule is C=CC1=C(C=C(C)C)CCC(C)=C1.CC.CC.CC. The second kappa shape index (κ2) is 17.0. The Kier molecular flexibility index (Phi) is 20.6. The highest BCUT2D eigenvalue weighted by atomic mass is 14.1. The quantitative estimate of drug-likeness (QED) is 0.492. The van der Waals surface area contributed by atoms with Crippen LogP contribution >= 0.6 is 0 Å². The molecule has 0 N–H and O–H groups in total. The van der Waals surface area contributed by atoms with Crippen molar-refractivity contribution in [3.63, 3.8) is 0 Å². The maximum Gasteiger partial charge on any atom is -0.0231 e. The van der Waals surface area contributed by atoms with Crippen molar-refractivity contribution in [1.82, 2.24) is 0 Å². The van der Waals surface area contributed by atoms with Crippen LogP contribution in [0.4, 0.5) is 0 Å². The molecule has 0 heteroatoms. The highest BCUT2D eigenvalue weighted by Gasteiger charge is 2.06. The molecule has 0 aromatic rings. The van der Waals surface area contributed by atoms with E-state index in [1.54, 1.807) is 0 Å². The van der Waals surface area contributed by atoms with E-state index in [9.17, 15) is 0 Å². The molecule has 0 spiro atoms. The first-order chi connectivity index (χ1) is 9.13. The molecular weight excluding hydrogens is 228 g/mol. The second-order valence-corrected chi connectivity index (χ2v) is 3.90. The first kappa shape index (κ1) is 23.1. The number of rotatable bonds is 2. The zero-order valence-electron chi connectivity index (χ0n) is 14.9. The van der Waals surface area contributed by atoms with Crippen molar-refractivity contribution < 1.29 is 0 Å². The fraction of sp³-hybridized carbons (Fsp3) is 0.579. The third-order valence-electron chi connectivity index (χ3n) is 2.24. The van der Waals surface area contributed by atoms with Crippen molar-refractivity contribution in [2.24, 2.45) is 0 Å². The first-order valence-electron chi connectivity index (χ1n) is 7.81. The van der Waals surface area contributed by atoms with Crippen molar-refractivity contribution in [2.45, 2.75) is 75.2 Å². The van der Waals surface area contributed by atoms with E-state index >= 15 is 0 Å². The van der Waals surface area contributed by atoms with Crippen LogP contribution in [0.1, 0.15) is 75.2 Å². The molecule has 1 rings (SSSR count). The molecule has 19 heavy (non-hydrogen) atoms. The molecule has 0 atom stereocenters. The lowest BCUT2D eigenvalue weighted by Gasteiger charge is -2.14. The summed E-state index contributed by atoms with van der Waals surface area (Å²) in [6.07, 6.45) is 8.81. The van der Waals surface area contributed by atoms with E-state index in [-0.39, 0.29) is 0 Å². The predicted octanol–water partition coefficient (Wildman–Crippen LogP) is 7.25. The fourth-order valence-electron chi connectivity index (χ4n) is 1.60. The van der Waals surface area contributed by atoms with Crippen LogP contribution in [-0.2, 0) is 0 Å². The van der Waals surface area contributed by atoms with Gasteiger partial charge in [-0.25, -0.2) is 0 Å². The van der Waals surface area contributed by atoms with Crippen molar-refractivity contribution in [3.8, 4) is 0 Å². The second-order valence-electron chi connectivity index (χ2n) is 3.90. The van der Waals surface area contributed by atoms with Gasteiger partial charge >= 0.3 is 0 Å². The molecule has 0 radical (unpaired) electrons. The molecule has 0 bridgehead atoms. The lowest BCUT2D eigenvalue weighted by Crippen LogP contribution is -1.94. The number of allylic oxidation sites excluding steroid dienone is 7. The summed E-state index contributed by atoms with van der Waals surface area (Å²) in [6, 6.07) is 0. The van der Waals surface area contributed by atoms with Crippen LogP contribution in [0.25, 0.3) is 0 Å². The number of hydrogen-bond donors (Lipinski definition) is 0. The van der Waals surface area contributed by atoms with Gasteiger partial charge < -0.3 is 0 Å². The molecule has 0 fully saturated rings. The summed E-state index contributed by atoms with van der Waals surface area (Å²) in [5.41, 5.74) is 5.55. The molecule has 0 aliphatic heterocycles. The molecule has 0 amide bonds. The Labute approximate surface area is 123 Å². The lowest BCUT2D eigenvalue weighted by atomic mass is 9.92. The summed E-state index contributed by atoms with van der Waals surface area (Å²) >= 11 is 0. The van der Waals surface area contributed by atoms with Gasteiger partial charge in [-0.2, -0.15) is 0 Å². The van der Waals surface area contributed by atoms with Crippen molar-refractivity contribution >= 4 is 0 Å². The van der Waals surface area contributed by atoms with Crippen LogP contribution in [0.15, 0.2) is 47.1 Å². The van der Waals surface area contributed by atoms with E-state index in [1.807, 2.05) is 47.6 Å². The monoisotopic (exact) mass is 264 g/mol. The van der Waals surface area contributed by atoms with E-state index in [1.165, 1.54) is 28.7 Å². The predicted molar refractivity (Wildman–Crippen MR) is 93.7 cm³/mol. The van der Waals surface area contributed by atoms with Crippen LogP contribution in [0.2, 0.25) is 0 Å². The van der Waals surface area contributed by atoms with E-state index in [2.05, 4.69) is 39.5 Å². The summed E-state index contributed by atoms with van der Waals surface area (Å²) in [5, 5.41) is 0. The molecule has 0 heterocycles. The summed E-state index contributed by atoms with van der Waals surface area (Å²) in [4.78, 5) is 0. The van der Waals surface area contributed by atoms with Gasteiger partial charge in [0, 0.05) is 0 Å². The molecule has 1 aliphatic carbocycles. The summed E-state index contributed by atoms with van der Waals surface area (Å²) in [6.45, 7) is 22.3. The van der Waals surface area contributed by atoms with Gasteiger partial charge in [0.15, 0.2) is 0 Å². The average Bonchev–Trinajstić information content (AvgIpc) is 2.47. The average molecular weight is 264 g/mol. The van der Waals surface area contributed by atoms with E-state index in [0.717, 1.165) is 6.42 Å².